The highest BCUT2D eigenvalue weighted by Gasteiger charge is 2.31. The van der Waals surface area contributed by atoms with Crippen LogP contribution in [0.5, 0.6) is 0 Å². The second-order valence-electron chi connectivity index (χ2n) is 10.7. The third-order valence-corrected chi connectivity index (χ3v) is 8.29. The van der Waals surface area contributed by atoms with Crippen molar-refractivity contribution in [2.75, 3.05) is 11.9 Å². The number of hydrogen-bond donors (Lipinski definition) is 1. The van der Waals surface area contributed by atoms with Crippen LogP contribution in [0, 0.1) is 11.7 Å². The molecule has 2 aliphatic heterocycles. The smallest absolute Gasteiger partial charge is 0.247 e. The number of nitrogens with one attached hydrogen (secondary N) is 1. The Bertz CT molecular complexity index is 1670. The van der Waals surface area contributed by atoms with Gasteiger partial charge in [0.25, 0.3) is 0 Å². The second-order valence-corrected chi connectivity index (χ2v) is 11.1. The Morgan fingerprint density at radius 3 is 2.71 bits per heavy atom. The van der Waals surface area contributed by atoms with Crippen molar-refractivity contribution in [3.05, 3.63) is 89.2 Å². The van der Waals surface area contributed by atoms with Gasteiger partial charge in [-0.15, -0.1) is 5.10 Å². The van der Waals surface area contributed by atoms with Gasteiger partial charge in [-0.2, -0.15) is 4.68 Å². The summed E-state index contributed by atoms with van der Waals surface area (Å²) in [4.78, 5) is 33.2. The molecule has 0 radical (unpaired) electrons. The molecule has 2 aromatic heterocycles. The lowest BCUT2D eigenvalue weighted by molar-refractivity contribution is -0.129. The molecular weight excluding hydrogens is 557 g/mol. The van der Waals surface area contributed by atoms with Gasteiger partial charge in [0.1, 0.15) is 6.33 Å². The summed E-state index contributed by atoms with van der Waals surface area (Å²) in [5.74, 6) is -1.01. The number of carbonyl (C=O) groups is 2. The Hall–Kier alpha value is -4.44. The number of nitrogens with zero attached hydrogens (tertiary/aromatic N) is 6. The molecule has 9 nitrogen and oxygen atoms in total. The van der Waals surface area contributed by atoms with Gasteiger partial charge in [-0.1, -0.05) is 49.6 Å². The lowest BCUT2D eigenvalue weighted by Gasteiger charge is -2.34. The number of para-hydroxylation sites is 1. The summed E-state index contributed by atoms with van der Waals surface area (Å²) in [6.07, 6.45) is 8.07. The molecule has 2 amide bonds. The van der Waals surface area contributed by atoms with E-state index in [4.69, 9.17) is 16.6 Å². The Morgan fingerprint density at radius 1 is 1.07 bits per heavy atom. The Morgan fingerprint density at radius 2 is 1.90 bits per heavy atom. The van der Waals surface area contributed by atoms with Crippen molar-refractivity contribution < 1.29 is 14.0 Å². The Kier molecular flexibility index (Phi) is 7.80. The fourth-order valence-corrected chi connectivity index (χ4v) is 5.91. The van der Waals surface area contributed by atoms with Gasteiger partial charge >= 0.3 is 0 Å². The zero-order valence-electron chi connectivity index (χ0n) is 23.0. The van der Waals surface area contributed by atoms with Crippen LogP contribution in [0.1, 0.15) is 56.3 Å². The molecule has 0 saturated carbocycles. The molecule has 2 atom stereocenters. The van der Waals surface area contributed by atoms with Crippen LogP contribution in [0.3, 0.4) is 0 Å². The second kappa shape index (κ2) is 11.8. The van der Waals surface area contributed by atoms with Crippen LogP contribution in [0.15, 0.2) is 67.1 Å². The minimum atomic E-state index is -0.621. The molecule has 6 rings (SSSR count). The van der Waals surface area contributed by atoms with E-state index in [9.17, 15) is 9.59 Å². The minimum absolute atomic E-state index is 0.00862. The fraction of sp³-hybridized carbons (Fsp3) is 0.290. The van der Waals surface area contributed by atoms with Crippen LogP contribution in [-0.4, -0.2) is 48.5 Å². The number of halogens is 2. The van der Waals surface area contributed by atoms with E-state index in [-0.39, 0.29) is 34.4 Å². The fourth-order valence-electron chi connectivity index (χ4n) is 5.75. The number of benzene rings is 2. The SMILES string of the molecule is C[C@@H]1CCCC[C@H](N2CCC(c3c(-n4cnnn4)ccc(Cl)c3F)=CC2=O)c2cc(ccn2)-c2ccccc2NC1=O. The standard InChI is InChI=1S/C31H29ClFN7O2/c1-19-6-2-5-9-26(25-16-20(12-14-34-25)22-7-3-4-8-24(22)36-31(19)42)39-15-13-21(17-28(39)41)29-27(40-18-35-37-38-40)11-10-23(32)30(29)33/h3-4,7-8,10-12,14,16-19,26H,2,5-6,9,13,15H2,1H3,(H,36,42)/t19-,26+/m1/s1. The highest BCUT2D eigenvalue weighted by atomic mass is 35.5. The van der Waals surface area contributed by atoms with E-state index in [1.54, 1.807) is 12.3 Å². The number of aromatic nitrogens is 5. The van der Waals surface area contributed by atoms with Crippen LogP contribution in [0.25, 0.3) is 22.4 Å². The normalized spacial score (nSPS) is 19.6. The van der Waals surface area contributed by atoms with E-state index in [1.807, 2.05) is 48.2 Å². The maximum absolute atomic E-state index is 15.4. The summed E-state index contributed by atoms with van der Waals surface area (Å²) in [5, 5.41) is 14.3. The summed E-state index contributed by atoms with van der Waals surface area (Å²) in [5.41, 5.74) is 4.45. The van der Waals surface area contributed by atoms with Crippen molar-refractivity contribution in [1.82, 2.24) is 30.1 Å². The maximum atomic E-state index is 15.4. The summed E-state index contributed by atoms with van der Waals surface area (Å²) in [7, 11) is 0. The molecule has 214 valence electrons. The molecular formula is C31H29ClFN7O2. The predicted molar refractivity (Wildman–Crippen MR) is 157 cm³/mol. The lowest BCUT2D eigenvalue weighted by Crippen LogP contribution is -2.38. The van der Waals surface area contributed by atoms with Crippen molar-refractivity contribution in [3.63, 3.8) is 0 Å². The summed E-state index contributed by atoms with van der Waals surface area (Å²) < 4.78 is 16.8. The van der Waals surface area contributed by atoms with Crippen molar-refractivity contribution in [2.24, 2.45) is 5.92 Å². The van der Waals surface area contributed by atoms with Gasteiger partial charge in [0, 0.05) is 41.5 Å². The van der Waals surface area contributed by atoms with Gasteiger partial charge in [-0.05, 0) is 71.2 Å². The largest absolute Gasteiger partial charge is 0.330 e. The summed E-state index contributed by atoms with van der Waals surface area (Å²) in [6.45, 7) is 2.31. The first-order chi connectivity index (χ1) is 20.4. The first-order valence-corrected chi connectivity index (χ1v) is 14.4. The Balaban J connectivity index is 1.37. The van der Waals surface area contributed by atoms with Crippen molar-refractivity contribution in [3.8, 4) is 16.8 Å². The maximum Gasteiger partial charge on any atom is 0.247 e. The van der Waals surface area contributed by atoms with Crippen LogP contribution in [0.4, 0.5) is 10.1 Å². The number of hydrogen-bond acceptors (Lipinski definition) is 6. The molecule has 0 spiro atoms. The molecule has 4 aromatic rings. The zero-order valence-corrected chi connectivity index (χ0v) is 23.8. The Labute approximate surface area is 247 Å². The quantitative estimate of drug-likeness (QED) is 0.315. The van der Waals surface area contributed by atoms with E-state index < -0.39 is 5.82 Å². The molecule has 0 saturated heterocycles. The van der Waals surface area contributed by atoms with Crippen molar-refractivity contribution in [2.45, 2.75) is 45.1 Å². The van der Waals surface area contributed by atoms with E-state index in [1.165, 1.54) is 23.2 Å². The van der Waals surface area contributed by atoms with Crippen LogP contribution in [-0.2, 0) is 9.59 Å². The highest BCUT2D eigenvalue weighted by Crippen LogP contribution is 2.38. The average molecular weight is 586 g/mol. The third kappa shape index (κ3) is 5.42. The van der Waals surface area contributed by atoms with E-state index in [0.717, 1.165) is 41.8 Å². The van der Waals surface area contributed by atoms with Crippen LogP contribution in [0.2, 0.25) is 5.02 Å². The number of rotatable bonds is 3. The van der Waals surface area contributed by atoms with E-state index >= 15 is 4.39 Å². The number of pyridine rings is 1. The van der Waals surface area contributed by atoms with E-state index in [2.05, 4.69) is 20.8 Å². The molecule has 0 unspecified atom stereocenters. The molecule has 2 aromatic carbocycles. The summed E-state index contributed by atoms with van der Waals surface area (Å²) >= 11 is 6.15. The third-order valence-electron chi connectivity index (χ3n) is 8.00. The van der Waals surface area contributed by atoms with Gasteiger partial charge in [-0.25, -0.2) is 4.39 Å². The van der Waals surface area contributed by atoms with Crippen LogP contribution < -0.4 is 5.32 Å². The first kappa shape index (κ1) is 27.7. The molecule has 0 aliphatic carbocycles. The number of anilines is 1. The number of carbonyl (C=O) groups excluding carboxylic acids is 2. The molecule has 2 bridgehead atoms. The van der Waals surface area contributed by atoms with Gasteiger partial charge in [0.05, 0.1) is 22.4 Å². The number of tetrazole rings is 1. The lowest BCUT2D eigenvalue weighted by atomic mass is 9.93. The number of amides is 2. The molecule has 42 heavy (non-hydrogen) atoms. The van der Waals surface area contributed by atoms with Crippen LogP contribution >= 0.6 is 11.6 Å². The number of fused-ring (bicyclic) bond motifs is 4. The predicted octanol–water partition coefficient (Wildman–Crippen LogP) is 6.02. The molecule has 0 fully saturated rings. The zero-order chi connectivity index (χ0) is 29.2. The van der Waals surface area contributed by atoms with Gasteiger partial charge < -0.3 is 10.2 Å². The highest BCUT2D eigenvalue weighted by molar-refractivity contribution is 6.31. The minimum Gasteiger partial charge on any atom is -0.330 e. The molecule has 1 N–H and O–H groups in total. The van der Waals surface area contributed by atoms with Gasteiger partial charge in [0.15, 0.2) is 5.82 Å². The molecule has 4 heterocycles. The van der Waals surface area contributed by atoms with Gasteiger partial charge in [0.2, 0.25) is 11.8 Å². The monoisotopic (exact) mass is 585 g/mol. The van der Waals surface area contributed by atoms with Gasteiger partial charge in [-0.3, -0.25) is 14.6 Å². The topological polar surface area (TPSA) is 106 Å². The van der Waals surface area contributed by atoms with Crippen molar-refractivity contribution >= 4 is 34.7 Å². The molecule has 11 heteroatoms. The van der Waals surface area contributed by atoms with E-state index in [0.29, 0.717) is 30.6 Å². The average Bonchev–Trinajstić information content (AvgIpc) is 3.54. The summed E-state index contributed by atoms with van der Waals surface area (Å²) in [6, 6.07) is 14.4. The first-order valence-electron chi connectivity index (χ1n) is 14.0. The molecule has 2 aliphatic rings. The van der Waals surface area contributed by atoms with Crippen molar-refractivity contribution in [1.29, 1.82) is 0 Å².